The maximum Gasteiger partial charge on any atom is 0.416 e. The van der Waals surface area contributed by atoms with Crippen LogP contribution in [0.15, 0.2) is 59.5 Å². The number of hydrogen-bond acceptors (Lipinski definition) is 8. The number of rotatable bonds is 6. The molecule has 3 aliphatic heterocycles. The number of halogens is 8. The molecule has 0 aromatic heterocycles. The summed E-state index contributed by atoms with van der Waals surface area (Å²) >= 11 is 0. The first-order valence-corrected chi connectivity index (χ1v) is 18.6. The largest absolute Gasteiger partial charge is 0.416 e. The van der Waals surface area contributed by atoms with Gasteiger partial charge in [0.2, 0.25) is 10.0 Å². The van der Waals surface area contributed by atoms with Crippen LogP contribution in [-0.2, 0) is 22.4 Å². The Morgan fingerprint density at radius 1 is 0.741 bits per heavy atom. The lowest BCUT2D eigenvalue weighted by molar-refractivity contribution is -0.138. The molecule has 3 aromatic carbocycles. The molecule has 19 heteroatoms. The van der Waals surface area contributed by atoms with Crippen molar-refractivity contribution >= 4 is 33.0 Å². The van der Waals surface area contributed by atoms with Gasteiger partial charge in [0.25, 0.3) is 5.91 Å². The molecule has 1 unspecified atom stereocenters. The van der Waals surface area contributed by atoms with Crippen LogP contribution in [-0.4, -0.2) is 103 Å². The monoisotopic (exact) mass is 792 g/mol. The number of aliphatic hydroxyl groups is 1. The van der Waals surface area contributed by atoms with Crippen molar-refractivity contribution in [2.45, 2.75) is 36.2 Å². The van der Waals surface area contributed by atoms with E-state index in [1.54, 1.807) is 15.9 Å². The molecule has 3 fully saturated rings. The third kappa shape index (κ3) is 9.72. The van der Waals surface area contributed by atoms with Gasteiger partial charge in [0.1, 0.15) is 11.6 Å². The molecule has 0 saturated carbocycles. The molecule has 3 aromatic rings. The van der Waals surface area contributed by atoms with Crippen molar-refractivity contribution in [1.82, 2.24) is 14.9 Å². The zero-order valence-corrected chi connectivity index (χ0v) is 30.0. The van der Waals surface area contributed by atoms with Gasteiger partial charge in [-0.15, -0.1) is 0 Å². The molecule has 1 amide bonds. The fourth-order valence-electron chi connectivity index (χ4n) is 6.53. The van der Waals surface area contributed by atoms with Crippen LogP contribution in [0.3, 0.4) is 0 Å². The standard InChI is InChI=1S/C24H28F4N4O4S.C11H12F4N2/c1-29-37(35,36)18-5-7-21(32-8-2-3-17(33)15-32)19(14-18)23(34)31-11-9-30(10-12-31)22-6-4-16(13-20(22)25)24(26,27)28;12-9-7-8(11(13,14)15)1-2-10(9)17-5-3-16-4-6-17/h4-7,13-14,17,29,33H,2-3,8-12,15H2,1H3;1-2,7,16H,3-6H2. The molecule has 296 valence electrons. The molecule has 0 spiro atoms. The zero-order valence-electron chi connectivity index (χ0n) is 29.2. The van der Waals surface area contributed by atoms with E-state index in [1.807, 2.05) is 4.90 Å². The first-order valence-electron chi connectivity index (χ1n) is 17.1. The lowest BCUT2D eigenvalue weighted by Crippen LogP contribution is -2.49. The normalized spacial score (nSPS) is 18.7. The fourth-order valence-corrected chi connectivity index (χ4v) is 7.28. The average Bonchev–Trinajstić information content (AvgIpc) is 3.14. The Hall–Kier alpha value is -4.20. The van der Waals surface area contributed by atoms with Crippen molar-refractivity contribution in [3.8, 4) is 0 Å². The second kappa shape index (κ2) is 16.7. The van der Waals surface area contributed by atoms with Crippen molar-refractivity contribution < 1.29 is 53.4 Å². The quantitative estimate of drug-likeness (QED) is 0.302. The number of sulfonamides is 1. The van der Waals surface area contributed by atoms with Crippen molar-refractivity contribution in [3.05, 3.63) is 82.9 Å². The predicted octanol–water partition coefficient (Wildman–Crippen LogP) is 4.93. The first kappa shape index (κ1) is 41.0. The van der Waals surface area contributed by atoms with Gasteiger partial charge in [0.05, 0.1) is 39.1 Å². The van der Waals surface area contributed by atoms with Gasteiger partial charge >= 0.3 is 12.4 Å². The zero-order chi connectivity index (χ0) is 39.4. The summed E-state index contributed by atoms with van der Waals surface area (Å²) in [6, 6.07) is 9.31. The number of aliphatic hydroxyl groups excluding tert-OH is 1. The SMILES string of the molecule is CNS(=O)(=O)c1ccc(N2CCCC(O)C2)c(C(=O)N2CCN(c3ccc(C(F)(F)F)cc3F)CC2)c1.Fc1cc(C(F)(F)F)ccc1N1CCNCC1. The topological polar surface area (TPSA) is 108 Å². The summed E-state index contributed by atoms with van der Waals surface area (Å²) in [5, 5.41) is 13.2. The number of amides is 1. The van der Waals surface area contributed by atoms with Crippen LogP contribution in [0.2, 0.25) is 0 Å². The van der Waals surface area contributed by atoms with Gasteiger partial charge in [0, 0.05) is 71.1 Å². The van der Waals surface area contributed by atoms with E-state index in [-0.39, 0.29) is 48.0 Å². The third-order valence-electron chi connectivity index (χ3n) is 9.43. The van der Waals surface area contributed by atoms with Crippen molar-refractivity contribution in [2.24, 2.45) is 0 Å². The molecule has 0 bridgehead atoms. The number of benzene rings is 3. The van der Waals surface area contributed by atoms with Crippen LogP contribution >= 0.6 is 0 Å². The summed E-state index contributed by atoms with van der Waals surface area (Å²) < 4.78 is 131. The van der Waals surface area contributed by atoms with E-state index in [4.69, 9.17) is 0 Å². The van der Waals surface area contributed by atoms with E-state index in [0.29, 0.717) is 69.9 Å². The molecule has 0 radical (unpaired) electrons. The van der Waals surface area contributed by atoms with Gasteiger partial charge in [-0.3, -0.25) is 4.79 Å². The van der Waals surface area contributed by atoms with E-state index in [2.05, 4.69) is 10.0 Å². The number of β-amino-alcohol motifs (C(OH)–C–C–N with tert-alkyl or cyclic N) is 1. The van der Waals surface area contributed by atoms with Gasteiger partial charge in [0.15, 0.2) is 0 Å². The maximum atomic E-state index is 14.5. The molecule has 3 saturated heterocycles. The van der Waals surface area contributed by atoms with Crippen LogP contribution in [0.25, 0.3) is 0 Å². The van der Waals surface area contributed by atoms with Crippen LogP contribution < -0.4 is 24.7 Å². The Labute approximate surface area is 307 Å². The lowest BCUT2D eigenvalue weighted by atomic mass is 10.0. The summed E-state index contributed by atoms with van der Waals surface area (Å²) in [4.78, 5) is 20.2. The summed E-state index contributed by atoms with van der Waals surface area (Å²) in [7, 11) is -2.56. The maximum absolute atomic E-state index is 14.5. The van der Waals surface area contributed by atoms with Gasteiger partial charge < -0.3 is 30.0 Å². The number of anilines is 3. The van der Waals surface area contributed by atoms with Crippen LogP contribution in [0, 0.1) is 11.6 Å². The molecular weight excluding hydrogens is 752 g/mol. The number of piperazine rings is 2. The average molecular weight is 793 g/mol. The van der Waals surface area contributed by atoms with E-state index >= 15 is 0 Å². The highest BCUT2D eigenvalue weighted by molar-refractivity contribution is 7.89. The van der Waals surface area contributed by atoms with Gasteiger partial charge in [-0.25, -0.2) is 21.9 Å². The molecule has 10 nitrogen and oxygen atoms in total. The van der Waals surface area contributed by atoms with Crippen molar-refractivity contribution in [2.75, 3.05) is 87.2 Å². The van der Waals surface area contributed by atoms with Crippen LogP contribution in [0.1, 0.15) is 34.3 Å². The van der Waals surface area contributed by atoms with E-state index in [0.717, 1.165) is 18.2 Å². The molecule has 3 N–H and O–H groups in total. The fraction of sp³-hybridized carbons (Fsp3) is 0.457. The van der Waals surface area contributed by atoms with E-state index in [1.165, 1.54) is 30.1 Å². The minimum Gasteiger partial charge on any atom is -0.391 e. The van der Waals surface area contributed by atoms with Gasteiger partial charge in [-0.2, -0.15) is 26.3 Å². The minimum absolute atomic E-state index is 0.0187. The second-order valence-corrected chi connectivity index (χ2v) is 14.9. The van der Waals surface area contributed by atoms with Gasteiger partial charge in [-0.1, -0.05) is 0 Å². The number of carbonyl (C=O) groups excluding carboxylic acids is 1. The summed E-state index contributed by atoms with van der Waals surface area (Å²) in [5.74, 6) is -2.23. The highest BCUT2D eigenvalue weighted by atomic mass is 32.2. The number of nitrogens with one attached hydrogen (secondary N) is 2. The Morgan fingerprint density at radius 3 is 1.74 bits per heavy atom. The highest BCUT2D eigenvalue weighted by Crippen LogP contribution is 2.34. The Morgan fingerprint density at radius 2 is 1.26 bits per heavy atom. The number of carbonyl (C=O) groups is 1. The van der Waals surface area contributed by atoms with E-state index in [9.17, 15) is 53.4 Å². The Balaban J connectivity index is 0.000000274. The summed E-state index contributed by atoms with van der Waals surface area (Å²) in [6.45, 7) is 4.19. The lowest BCUT2D eigenvalue weighted by Gasteiger charge is -2.38. The predicted molar refractivity (Wildman–Crippen MR) is 186 cm³/mol. The van der Waals surface area contributed by atoms with Gasteiger partial charge in [-0.05, 0) is 74.5 Å². The number of alkyl halides is 6. The number of piperidine rings is 1. The first-order chi connectivity index (χ1) is 25.4. The third-order valence-corrected chi connectivity index (χ3v) is 10.8. The minimum atomic E-state index is -4.65. The molecule has 3 aliphatic rings. The van der Waals surface area contributed by atoms with Crippen LogP contribution in [0.4, 0.5) is 52.2 Å². The summed E-state index contributed by atoms with van der Waals surface area (Å²) in [6.07, 6.45) is -8.37. The second-order valence-electron chi connectivity index (χ2n) is 13.0. The molecule has 3 heterocycles. The molecular formula is C35H40F8N6O4S. The van der Waals surface area contributed by atoms with Crippen molar-refractivity contribution in [1.29, 1.82) is 0 Å². The Kier molecular flexibility index (Phi) is 12.6. The smallest absolute Gasteiger partial charge is 0.391 e. The van der Waals surface area contributed by atoms with E-state index < -0.39 is 57.1 Å². The van der Waals surface area contributed by atoms with Crippen molar-refractivity contribution in [3.63, 3.8) is 0 Å². The summed E-state index contributed by atoms with van der Waals surface area (Å²) in [5.41, 5.74) is -1.09. The molecule has 0 aliphatic carbocycles. The number of hydrogen-bond donors (Lipinski definition) is 3. The number of nitrogens with zero attached hydrogens (tertiary/aromatic N) is 4. The highest BCUT2D eigenvalue weighted by Gasteiger charge is 2.34. The molecule has 6 rings (SSSR count). The molecule has 1 atom stereocenters. The van der Waals surface area contributed by atoms with Crippen LogP contribution in [0.5, 0.6) is 0 Å². The Bertz CT molecular complexity index is 1900. The molecule has 54 heavy (non-hydrogen) atoms.